The van der Waals surface area contributed by atoms with Gasteiger partial charge in [-0.25, -0.2) is 0 Å². The molecule has 2 aromatic rings. The lowest BCUT2D eigenvalue weighted by Crippen LogP contribution is -2.45. The summed E-state index contributed by atoms with van der Waals surface area (Å²) < 4.78 is 0. The van der Waals surface area contributed by atoms with Gasteiger partial charge in [0.15, 0.2) is 0 Å². The fourth-order valence-corrected chi connectivity index (χ4v) is 2.39. The third kappa shape index (κ3) is 3.49. The lowest BCUT2D eigenvalue weighted by molar-refractivity contribution is 0.0910. The average molecular weight is 324 g/mol. The second-order valence-electron chi connectivity index (χ2n) is 4.95. The summed E-state index contributed by atoms with van der Waals surface area (Å²) in [5.41, 5.74) is 0.319. The lowest BCUT2D eigenvalue weighted by Gasteiger charge is -2.29. The second kappa shape index (κ2) is 6.37. The first-order valence-corrected chi connectivity index (χ1v) is 7.30. The molecule has 5 heteroatoms. The van der Waals surface area contributed by atoms with Crippen LogP contribution < -0.4 is 5.32 Å². The SMILES string of the molecule is CC(CCl)(NC(=O)c1ccc(Cl)cc1O)c1ccccc1. The highest BCUT2D eigenvalue weighted by atomic mass is 35.5. The van der Waals surface area contributed by atoms with Crippen molar-refractivity contribution in [1.82, 2.24) is 5.32 Å². The van der Waals surface area contributed by atoms with Gasteiger partial charge in [-0.05, 0) is 30.7 Å². The van der Waals surface area contributed by atoms with Gasteiger partial charge < -0.3 is 10.4 Å². The number of hydrogen-bond acceptors (Lipinski definition) is 2. The number of alkyl halides is 1. The topological polar surface area (TPSA) is 49.3 Å². The maximum absolute atomic E-state index is 12.4. The van der Waals surface area contributed by atoms with Crippen LogP contribution in [0.2, 0.25) is 5.02 Å². The van der Waals surface area contributed by atoms with Crippen LogP contribution in [0.25, 0.3) is 0 Å². The third-order valence-corrected chi connectivity index (χ3v) is 4.04. The second-order valence-corrected chi connectivity index (χ2v) is 5.65. The molecule has 21 heavy (non-hydrogen) atoms. The minimum absolute atomic E-state index is 0.159. The summed E-state index contributed by atoms with van der Waals surface area (Å²) in [7, 11) is 0. The van der Waals surface area contributed by atoms with Gasteiger partial charge in [0.25, 0.3) is 5.91 Å². The van der Waals surface area contributed by atoms with E-state index in [9.17, 15) is 9.90 Å². The first kappa shape index (κ1) is 15.7. The van der Waals surface area contributed by atoms with E-state index in [1.807, 2.05) is 37.3 Å². The standard InChI is InChI=1S/C16H15Cl2NO2/c1-16(10-17,11-5-3-2-4-6-11)19-15(21)13-8-7-12(18)9-14(13)20/h2-9,20H,10H2,1H3,(H,19,21). The van der Waals surface area contributed by atoms with Crippen LogP contribution in [0.15, 0.2) is 48.5 Å². The van der Waals surface area contributed by atoms with E-state index in [1.165, 1.54) is 12.1 Å². The van der Waals surface area contributed by atoms with Crippen molar-refractivity contribution in [3.05, 3.63) is 64.7 Å². The van der Waals surface area contributed by atoms with E-state index in [0.717, 1.165) is 5.56 Å². The Morgan fingerprint density at radius 1 is 1.24 bits per heavy atom. The molecule has 1 unspecified atom stereocenters. The molecule has 0 radical (unpaired) electrons. The highest BCUT2D eigenvalue weighted by Gasteiger charge is 2.28. The zero-order chi connectivity index (χ0) is 15.5. The maximum atomic E-state index is 12.4. The summed E-state index contributed by atoms with van der Waals surface area (Å²) in [6.45, 7) is 1.83. The number of carbonyl (C=O) groups is 1. The van der Waals surface area contributed by atoms with Crippen LogP contribution in [-0.2, 0) is 5.54 Å². The number of carbonyl (C=O) groups excluding carboxylic acids is 1. The van der Waals surface area contributed by atoms with Gasteiger partial charge in [0.2, 0.25) is 0 Å². The first-order valence-electron chi connectivity index (χ1n) is 6.39. The Morgan fingerprint density at radius 2 is 1.90 bits per heavy atom. The van der Waals surface area contributed by atoms with Gasteiger partial charge in [-0.2, -0.15) is 0 Å². The van der Waals surface area contributed by atoms with E-state index in [2.05, 4.69) is 5.32 Å². The van der Waals surface area contributed by atoms with Crippen molar-refractivity contribution >= 4 is 29.1 Å². The molecule has 0 aromatic heterocycles. The molecule has 2 N–H and O–H groups in total. The fourth-order valence-electron chi connectivity index (χ4n) is 2.00. The van der Waals surface area contributed by atoms with E-state index in [0.29, 0.717) is 5.02 Å². The Bertz CT molecular complexity index is 646. The van der Waals surface area contributed by atoms with E-state index in [4.69, 9.17) is 23.2 Å². The Kier molecular flexibility index (Phi) is 4.76. The van der Waals surface area contributed by atoms with Crippen LogP contribution in [-0.4, -0.2) is 16.9 Å². The smallest absolute Gasteiger partial charge is 0.255 e. The summed E-state index contributed by atoms with van der Waals surface area (Å²) in [5.74, 6) is -0.363. The molecule has 0 aliphatic carbocycles. The number of nitrogens with one attached hydrogen (secondary N) is 1. The number of benzene rings is 2. The van der Waals surface area contributed by atoms with Crippen molar-refractivity contribution < 1.29 is 9.90 Å². The van der Waals surface area contributed by atoms with E-state index in [1.54, 1.807) is 6.07 Å². The van der Waals surface area contributed by atoms with Gasteiger partial charge in [-0.3, -0.25) is 4.79 Å². The number of amides is 1. The van der Waals surface area contributed by atoms with Crippen molar-refractivity contribution in [2.45, 2.75) is 12.5 Å². The molecule has 0 bridgehead atoms. The summed E-state index contributed by atoms with van der Waals surface area (Å²) in [6, 6.07) is 13.8. The highest BCUT2D eigenvalue weighted by Crippen LogP contribution is 2.26. The zero-order valence-corrected chi connectivity index (χ0v) is 12.9. The summed E-state index contributed by atoms with van der Waals surface area (Å²) in [6.07, 6.45) is 0. The van der Waals surface area contributed by atoms with E-state index < -0.39 is 11.4 Å². The Morgan fingerprint density at radius 3 is 2.48 bits per heavy atom. The monoisotopic (exact) mass is 323 g/mol. The Labute approximate surface area is 133 Å². The molecule has 0 saturated carbocycles. The third-order valence-electron chi connectivity index (χ3n) is 3.27. The summed E-state index contributed by atoms with van der Waals surface area (Å²) >= 11 is 11.8. The molecule has 0 saturated heterocycles. The fraction of sp³-hybridized carbons (Fsp3) is 0.188. The Hall–Kier alpha value is -1.71. The maximum Gasteiger partial charge on any atom is 0.255 e. The van der Waals surface area contributed by atoms with Crippen LogP contribution in [0, 0.1) is 0 Å². The molecule has 2 aromatic carbocycles. The van der Waals surface area contributed by atoms with Crippen LogP contribution in [0.1, 0.15) is 22.8 Å². The largest absolute Gasteiger partial charge is 0.507 e. The zero-order valence-electron chi connectivity index (χ0n) is 11.4. The molecule has 0 aliphatic rings. The van der Waals surface area contributed by atoms with Crippen molar-refractivity contribution in [2.75, 3.05) is 5.88 Å². The van der Waals surface area contributed by atoms with Gasteiger partial charge in [-0.15, -0.1) is 11.6 Å². The number of phenols is 1. The van der Waals surface area contributed by atoms with Gasteiger partial charge in [0.1, 0.15) is 5.75 Å². The van der Waals surface area contributed by atoms with E-state index in [-0.39, 0.29) is 17.2 Å². The predicted octanol–water partition coefficient (Wildman–Crippen LogP) is 3.93. The molecule has 0 spiro atoms. The van der Waals surface area contributed by atoms with Gasteiger partial charge >= 0.3 is 0 Å². The number of hydrogen-bond donors (Lipinski definition) is 2. The quantitative estimate of drug-likeness (QED) is 0.837. The number of rotatable bonds is 4. The number of phenolic OH excluding ortho intramolecular Hbond substituents is 1. The van der Waals surface area contributed by atoms with Crippen LogP contribution >= 0.6 is 23.2 Å². The van der Waals surface area contributed by atoms with Crippen molar-refractivity contribution in [2.24, 2.45) is 0 Å². The molecule has 0 fully saturated rings. The van der Waals surface area contributed by atoms with Crippen LogP contribution in [0.3, 0.4) is 0 Å². The molecule has 3 nitrogen and oxygen atoms in total. The molecule has 1 atom stereocenters. The molecular formula is C16H15Cl2NO2. The summed E-state index contributed by atoms with van der Waals surface area (Å²) in [5, 5.41) is 13.1. The predicted molar refractivity (Wildman–Crippen MR) is 85.1 cm³/mol. The molecule has 0 aliphatic heterocycles. The van der Waals surface area contributed by atoms with Crippen molar-refractivity contribution in [3.63, 3.8) is 0 Å². The Balaban J connectivity index is 2.28. The molecule has 110 valence electrons. The van der Waals surface area contributed by atoms with Gasteiger partial charge in [-0.1, -0.05) is 41.9 Å². The molecular weight excluding hydrogens is 309 g/mol. The minimum atomic E-state index is -0.730. The van der Waals surface area contributed by atoms with Crippen molar-refractivity contribution in [3.8, 4) is 5.75 Å². The van der Waals surface area contributed by atoms with Gasteiger partial charge in [0.05, 0.1) is 11.1 Å². The van der Waals surface area contributed by atoms with E-state index >= 15 is 0 Å². The number of aromatic hydroxyl groups is 1. The summed E-state index contributed by atoms with van der Waals surface area (Å²) in [4.78, 5) is 12.4. The molecule has 0 heterocycles. The van der Waals surface area contributed by atoms with Gasteiger partial charge in [0, 0.05) is 10.9 Å². The molecule has 1 amide bonds. The highest BCUT2D eigenvalue weighted by molar-refractivity contribution is 6.30. The lowest BCUT2D eigenvalue weighted by atomic mass is 9.93. The van der Waals surface area contributed by atoms with Crippen molar-refractivity contribution in [1.29, 1.82) is 0 Å². The first-order chi connectivity index (χ1) is 9.96. The normalized spacial score (nSPS) is 13.5. The number of halogens is 2. The average Bonchev–Trinajstić information content (AvgIpc) is 2.47. The van der Waals surface area contributed by atoms with Crippen LogP contribution in [0.4, 0.5) is 0 Å². The minimum Gasteiger partial charge on any atom is -0.507 e. The van der Waals surface area contributed by atoms with Crippen LogP contribution in [0.5, 0.6) is 5.75 Å². The molecule has 2 rings (SSSR count).